The molecule has 1 aromatic heterocycles. The normalized spacial score (nSPS) is 11.3. The standard InChI is InChI=1S/C20H19FN2O4S2/c1-4-23(18-12-28-19(22-18)14-6-8-15(21)9-7-14)29(25,26)16-10-5-13(2)17(11-16)20(24)27-3/h5-12H,4H2,1-3H3. The van der Waals surface area contributed by atoms with E-state index in [9.17, 15) is 17.6 Å². The van der Waals surface area contributed by atoms with Crippen LogP contribution in [-0.2, 0) is 14.8 Å². The molecule has 0 unspecified atom stereocenters. The molecule has 3 rings (SSSR count). The molecule has 2 aromatic carbocycles. The topological polar surface area (TPSA) is 76.6 Å². The van der Waals surface area contributed by atoms with Crippen molar-refractivity contribution in [1.82, 2.24) is 4.98 Å². The summed E-state index contributed by atoms with van der Waals surface area (Å²) in [5, 5.41) is 2.21. The van der Waals surface area contributed by atoms with Gasteiger partial charge in [0.2, 0.25) is 0 Å². The maximum atomic E-state index is 13.2. The molecular formula is C20H19FN2O4S2. The Balaban J connectivity index is 1.99. The molecule has 9 heteroatoms. The van der Waals surface area contributed by atoms with Crippen LogP contribution in [0.4, 0.5) is 10.2 Å². The number of halogens is 1. The molecule has 0 amide bonds. The summed E-state index contributed by atoms with van der Waals surface area (Å²) in [4.78, 5) is 16.3. The number of benzene rings is 2. The van der Waals surface area contributed by atoms with Gasteiger partial charge < -0.3 is 4.74 Å². The first-order valence-corrected chi connectivity index (χ1v) is 11.0. The summed E-state index contributed by atoms with van der Waals surface area (Å²) in [7, 11) is -2.71. The van der Waals surface area contributed by atoms with Gasteiger partial charge in [0, 0.05) is 17.5 Å². The third-order valence-electron chi connectivity index (χ3n) is 4.33. The lowest BCUT2D eigenvalue weighted by Gasteiger charge is -2.21. The van der Waals surface area contributed by atoms with Crippen molar-refractivity contribution >= 4 is 33.1 Å². The van der Waals surface area contributed by atoms with Crippen molar-refractivity contribution in [3.63, 3.8) is 0 Å². The van der Waals surface area contributed by atoms with Gasteiger partial charge in [-0.25, -0.2) is 26.9 Å². The van der Waals surface area contributed by atoms with Crippen molar-refractivity contribution < 1.29 is 22.3 Å². The molecule has 0 saturated heterocycles. The lowest BCUT2D eigenvalue weighted by molar-refractivity contribution is 0.0599. The van der Waals surface area contributed by atoms with Crippen LogP contribution in [0.3, 0.4) is 0 Å². The highest BCUT2D eigenvalue weighted by molar-refractivity contribution is 7.92. The Kier molecular flexibility index (Phi) is 5.99. The number of aryl methyl sites for hydroxylation is 1. The minimum atomic E-state index is -3.95. The van der Waals surface area contributed by atoms with Gasteiger partial charge in [-0.3, -0.25) is 0 Å². The Labute approximate surface area is 172 Å². The molecule has 3 aromatic rings. The Hall–Kier alpha value is -2.78. The SMILES string of the molecule is CCN(c1csc(-c2ccc(F)cc2)n1)S(=O)(=O)c1ccc(C)c(C(=O)OC)c1. The number of hydrogen-bond donors (Lipinski definition) is 0. The van der Waals surface area contributed by atoms with Gasteiger partial charge in [0.1, 0.15) is 10.8 Å². The molecule has 0 bridgehead atoms. The fourth-order valence-electron chi connectivity index (χ4n) is 2.78. The number of sulfonamides is 1. The number of aromatic nitrogens is 1. The lowest BCUT2D eigenvalue weighted by atomic mass is 10.1. The van der Waals surface area contributed by atoms with E-state index in [0.717, 1.165) is 0 Å². The molecule has 0 atom stereocenters. The van der Waals surface area contributed by atoms with Crippen molar-refractivity contribution in [3.8, 4) is 10.6 Å². The van der Waals surface area contributed by atoms with E-state index in [1.165, 1.54) is 47.0 Å². The Morgan fingerprint density at radius 1 is 1.21 bits per heavy atom. The number of anilines is 1. The summed E-state index contributed by atoms with van der Waals surface area (Å²) < 4.78 is 45.5. The number of hydrogen-bond acceptors (Lipinski definition) is 6. The number of thiazole rings is 1. The number of ether oxygens (including phenoxy) is 1. The van der Waals surface area contributed by atoms with Crippen LogP contribution in [0, 0.1) is 12.7 Å². The molecule has 0 radical (unpaired) electrons. The van der Waals surface area contributed by atoms with Gasteiger partial charge in [0.15, 0.2) is 5.82 Å². The van der Waals surface area contributed by atoms with Gasteiger partial charge in [0.25, 0.3) is 10.0 Å². The fraction of sp³-hybridized carbons (Fsp3) is 0.200. The quantitative estimate of drug-likeness (QED) is 0.542. The number of nitrogens with zero attached hydrogens (tertiary/aromatic N) is 2. The highest BCUT2D eigenvalue weighted by Gasteiger charge is 2.27. The molecule has 0 aliphatic carbocycles. The molecule has 0 N–H and O–H groups in total. The third kappa shape index (κ3) is 4.15. The Morgan fingerprint density at radius 2 is 1.90 bits per heavy atom. The van der Waals surface area contributed by atoms with Gasteiger partial charge in [-0.15, -0.1) is 11.3 Å². The molecule has 0 spiro atoms. The van der Waals surface area contributed by atoms with Crippen LogP contribution in [0.1, 0.15) is 22.8 Å². The van der Waals surface area contributed by atoms with Crippen LogP contribution in [0.15, 0.2) is 52.7 Å². The Morgan fingerprint density at radius 3 is 2.52 bits per heavy atom. The van der Waals surface area contributed by atoms with Crippen LogP contribution in [-0.4, -0.2) is 33.0 Å². The maximum absolute atomic E-state index is 13.2. The van der Waals surface area contributed by atoms with E-state index in [-0.39, 0.29) is 28.6 Å². The van der Waals surface area contributed by atoms with Crippen molar-refractivity contribution in [1.29, 1.82) is 0 Å². The number of methoxy groups -OCH3 is 1. The van der Waals surface area contributed by atoms with Gasteiger partial charge in [-0.1, -0.05) is 6.07 Å². The van der Waals surface area contributed by atoms with Gasteiger partial charge in [0.05, 0.1) is 17.6 Å². The first kappa shape index (κ1) is 20.9. The molecule has 1 heterocycles. The maximum Gasteiger partial charge on any atom is 0.338 e. The van der Waals surface area contributed by atoms with E-state index >= 15 is 0 Å². The predicted octanol–water partition coefficient (Wildman–Crippen LogP) is 4.26. The molecule has 152 valence electrons. The predicted molar refractivity (Wildman–Crippen MR) is 110 cm³/mol. The van der Waals surface area contributed by atoms with E-state index in [2.05, 4.69) is 4.98 Å². The van der Waals surface area contributed by atoms with Crippen molar-refractivity contribution in [2.24, 2.45) is 0 Å². The van der Waals surface area contributed by atoms with E-state index in [0.29, 0.717) is 16.1 Å². The van der Waals surface area contributed by atoms with Crippen molar-refractivity contribution in [3.05, 3.63) is 64.8 Å². The number of carbonyl (C=O) groups excluding carboxylic acids is 1. The number of carbonyl (C=O) groups is 1. The molecule has 0 fully saturated rings. The summed E-state index contributed by atoms with van der Waals surface area (Å²) in [6, 6.07) is 10.2. The van der Waals surface area contributed by atoms with Crippen LogP contribution in [0.25, 0.3) is 10.6 Å². The largest absolute Gasteiger partial charge is 0.465 e. The molecule has 0 aliphatic rings. The van der Waals surface area contributed by atoms with Crippen LogP contribution in [0.5, 0.6) is 0 Å². The van der Waals surface area contributed by atoms with Crippen LogP contribution in [0.2, 0.25) is 0 Å². The average Bonchev–Trinajstić information content (AvgIpc) is 3.18. The Bertz CT molecular complexity index is 1140. The van der Waals surface area contributed by atoms with E-state index in [4.69, 9.17) is 4.74 Å². The second kappa shape index (κ2) is 8.30. The molecule has 6 nitrogen and oxygen atoms in total. The molecule has 0 saturated carbocycles. The van der Waals surface area contributed by atoms with E-state index in [1.54, 1.807) is 37.4 Å². The first-order chi connectivity index (χ1) is 13.8. The van der Waals surface area contributed by atoms with Crippen molar-refractivity contribution in [2.45, 2.75) is 18.7 Å². The smallest absolute Gasteiger partial charge is 0.338 e. The highest BCUT2D eigenvalue weighted by Crippen LogP contribution is 2.31. The number of rotatable bonds is 6. The zero-order valence-corrected chi connectivity index (χ0v) is 17.7. The van der Waals surface area contributed by atoms with Crippen LogP contribution < -0.4 is 4.31 Å². The number of esters is 1. The summed E-state index contributed by atoms with van der Waals surface area (Å²) in [6.45, 7) is 3.55. The lowest BCUT2D eigenvalue weighted by Crippen LogP contribution is -2.31. The monoisotopic (exact) mass is 434 g/mol. The third-order valence-corrected chi connectivity index (χ3v) is 7.08. The minimum absolute atomic E-state index is 0.0262. The first-order valence-electron chi connectivity index (χ1n) is 8.71. The van der Waals surface area contributed by atoms with E-state index in [1.807, 2.05) is 0 Å². The van der Waals surface area contributed by atoms with Crippen molar-refractivity contribution in [2.75, 3.05) is 18.0 Å². The average molecular weight is 435 g/mol. The van der Waals surface area contributed by atoms with Gasteiger partial charge >= 0.3 is 5.97 Å². The minimum Gasteiger partial charge on any atom is -0.465 e. The zero-order valence-electron chi connectivity index (χ0n) is 16.0. The molecular weight excluding hydrogens is 415 g/mol. The molecule has 0 aliphatic heterocycles. The summed E-state index contributed by atoms with van der Waals surface area (Å²) in [6.07, 6.45) is 0. The second-order valence-electron chi connectivity index (χ2n) is 6.16. The second-order valence-corrected chi connectivity index (χ2v) is 8.88. The van der Waals surface area contributed by atoms with Gasteiger partial charge in [-0.2, -0.15) is 0 Å². The summed E-state index contributed by atoms with van der Waals surface area (Å²) in [5.74, 6) is -0.698. The summed E-state index contributed by atoms with van der Waals surface area (Å²) >= 11 is 1.26. The van der Waals surface area contributed by atoms with E-state index < -0.39 is 16.0 Å². The zero-order chi connectivity index (χ0) is 21.2. The summed E-state index contributed by atoms with van der Waals surface area (Å²) in [5.41, 5.74) is 1.50. The highest BCUT2D eigenvalue weighted by atomic mass is 32.2. The van der Waals surface area contributed by atoms with Crippen LogP contribution >= 0.6 is 11.3 Å². The molecule has 29 heavy (non-hydrogen) atoms. The fourth-order valence-corrected chi connectivity index (χ4v) is 5.10. The van der Waals surface area contributed by atoms with Gasteiger partial charge in [-0.05, 0) is 55.8 Å².